The van der Waals surface area contributed by atoms with Crippen LogP contribution in [0.5, 0.6) is 0 Å². The average molecular weight is 318 g/mol. The number of quaternary nitrogens is 1. The molecule has 0 fully saturated rings. The predicted octanol–water partition coefficient (Wildman–Crippen LogP) is 5.36. The van der Waals surface area contributed by atoms with Gasteiger partial charge in [0, 0.05) is 15.8 Å². The van der Waals surface area contributed by atoms with Crippen molar-refractivity contribution in [2.24, 2.45) is 0 Å². The number of benzene rings is 1. The van der Waals surface area contributed by atoms with Gasteiger partial charge >= 0.3 is 0 Å². The molecule has 0 heterocycles. The van der Waals surface area contributed by atoms with Crippen molar-refractivity contribution in [2.45, 2.75) is 70.4 Å². The number of unbranched alkanes of at least 4 members (excludes halogenated alkanes) is 8. The molecule has 0 unspecified atom stereocenters. The van der Waals surface area contributed by atoms with Crippen molar-refractivity contribution in [1.82, 2.24) is 0 Å². The summed E-state index contributed by atoms with van der Waals surface area (Å²) in [6, 6.07) is 12.0. The molecule has 0 bridgehead atoms. The third-order valence-corrected chi connectivity index (χ3v) is 4.75. The van der Waals surface area contributed by atoms with Crippen LogP contribution in [0.25, 0.3) is 0 Å². The molecule has 0 aliphatic carbocycles. The second-order valence-electron chi connectivity index (χ2n) is 7.24. The molecule has 1 aromatic carbocycles. The average Bonchev–Trinajstić information content (AvgIpc) is 2.49. The first-order valence-electron chi connectivity index (χ1n) is 9.14. The summed E-state index contributed by atoms with van der Waals surface area (Å²) in [6.07, 6.45) is 12.6. The highest BCUT2D eigenvalue weighted by Gasteiger charge is 2.14. The molecule has 0 N–H and O–H groups in total. The van der Waals surface area contributed by atoms with Crippen LogP contribution in [0, 0.1) is 0 Å². The van der Waals surface area contributed by atoms with Gasteiger partial charge in [-0.05, 0) is 12.8 Å². The van der Waals surface area contributed by atoms with E-state index in [1.54, 1.807) is 0 Å². The number of hydrogen-bond donors (Lipinski definition) is 0. The molecule has 0 spiro atoms. The Kier molecular flexibility index (Phi) is 10.5. The smallest absolute Gasteiger partial charge is 0.104 e. The van der Waals surface area contributed by atoms with E-state index in [-0.39, 0.29) is 0 Å². The monoisotopic (exact) mass is 317 g/mol. The van der Waals surface area contributed by atoms with Crippen LogP contribution >= 0.6 is 0 Å². The molecule has 1 rings (SSSR count). The van der Waals surface area contributed by atoms with Gasteiger partial charge in [-0.2, -0.15) is 0 Å². The second kappa shape index (κ2) is 11.9. The van der Waals surface area contributed by atoms with Crippen LogP contribution in [0.1, 0.15) is 63.4 Å². The largest absolute Gasteiger partial charge is 0.325 e. The maximum Gasteiger partial charge on any atom is 0.104 e. The van der Waals surface area contributed by atoms with Gasteiger partial charge in [0.25, 0.3) is 0 Å². The second-order valence-corrected chi connectivity index (χ2v) is 7.74. The molecule has 123 valence electrons. The highest BCUT2D eigenvalue weighted by atomic mass is 28.1. The van der Waals surface area contributed by atoms with Crippen molar-refractivity contribution in [3.63, 3.8) is 0 Å². The molecule has 2 heteroatoms. The maximum atomic E-state index is 3.54. The lowest BCUT2D eigenvalue weighted by molar-refractivity contribution is -0.903. The van der Waals surface area contributed by atoms with Crippen molar-refractivity contribution >= 4 is 10.2 Å². The molecule has 3 radical (unpaired) electrons. The molecule has 0 saturated carbocycles. The van der Waals surface area contributed by atoms with Gasteiger partial charge in [0.05, 0.1) is 20.6 Å². The minimum absolute atomic E-state index is 1.11. The fourth-order valence-corrected chi connectivity index (χ4v) is 3.31. The van der Waals surface area contributed by atoms with E-state index in [4.69, 9.17) is 0 Å². The van der Waals surface area contributed by atoms with Gasteiger partial charge in [0.15, 0.2) is 0 Å². The lowest BCUT2D eigenvalue weighted by atomic mass is 10.1. The van der Waals surface area contributed by atoms with Crippen molar-refractivity contribution < 1.29 is 4.48 Å². The number of hydrogen-bond acceptors (Lipinski definition) is 0. The first-order valence-corrected chi connectivity index (χ1v) is 9.85. The minimum atomic E-state index is 1.11. The Morgan fingerprint density at radius 2 is 1.23 bits per heavy atom. The summed E-state index contributed by atoms with van der Waals surface area (Å²) in [6.45, 7) is 2.44. The van der Waals surface area contributed by atoms with E-state index in [0.29, 0.717) is 0 Å². The van der Waals surface area contributed by atoms with E-state index >= 15 is 0 Å². The van der Waals surface area contributed by atoms with Crippen molar-refractivity contribution in [1.29, 1.82) is 0 Å². The fraction of sp³-hybridized carbons (Fsp3) is 0.700. The number of nitrogens with zero attached hydrogens (tertiary/aromatic N) is 1. The van der Waals surface area contributed by atoms with Crippen LogP contribution in [0.2, 0.25) is 6.04 Å². The van der Waals surface area contributed by atoms with Crippen LogP contribution in [-0.4, -0.2) is 35.4 Å². The Hall–Kier alpha value is -0.603. The first-order chi connectivity index (χ1) is 10.6. The summed E-state index contributed by atoms with van der Waals surface area (Å²) in [5.74, 6) is 0. The zero-order chi connectivity index (χ0) is 16.1. The normalized spacial score (nSPS) is 11.8. The topological polar surface area (TPSA) is 0 Å². The van der Waals surface area contributed by atoms with Crippen LogP contribution in [-0.2, 0) is 6.54 Å². The molecule has 0 aliphatic rings. The van der Waals surface area contributed by atoms with Gasteiger partial charge in [-0.25, -0.2) is 0 Å². The molecule has 1 nitrogen and oxygen atoms in total. The van der Waals surface area contributed by atoms with E-state index in [9.17, 15) is 0 Å². The molecule has 0 atom stereocenters. The lowest BCUT2D eigenvalue weighted by Crippen LogP contribution is -2.39. The summed E-state index contributed by atoms with van der Waals surface area (Å²) in [7, 11) is 8.26. The summed E-state index contributed by atoms with van der Waals surface area (Å²) in [4.78, 5) is 0. The van der Waals surface area contributed by atoms with Crippen LogP contribution in [0.4, 0.5) is 0 Å². The van der Waals surface area contributed by atoms with E-state index in [0.717, 1.165) is 17.1 Å². The minimum Gasteiger partial charge on any atom is -0.325 e. The molecular formula is C20H35NSi+. The summed E-state index contributed by atoms with van der Waals surface area (Å²) in [5, 5.41) is 0. The summed E-state index contributed by atoms with van der Waals surface area (Å²) in [5.41, 5.74) is 1.45. The highest BCUT2D eigenvalue weighted by Crippen LogP contribution is 2.13. The lowest BCUT2D eigenvalue weighted by Gasteiger charge is -2.30. The van der Waals surface area contributed by atoms with Crippen molar-refractivity contribution in [2.75, 3.05) is 20.6 Å². The third kappa shape index (κ3) is 10.2. The SMILES string of the molecule is C[N+](C)(CCCCCCCCCCC[Si])Cc1ccccc1. The molecule has 0 aliphatic heterocycles. The van der Waals surface area contributed by atoms with Gasteiger partial charge in [-0.15, -0.1) is 0 Å². The summed E-state index contributed by atoms with van der Waals surface area (Å²) < 4.78 is 1.11. The third-order valence-electron chi connectivity index (χ3n) is 4.39. The maximum absolute atomic E-state index is 3.54. The standard InChI is InChI=1S/C20H35NSi/c1-21(2,19-20-15-11-10-12-16-20)17-13-8-6-4-3-5-7-9-14-18-22/h10-12,15-16H,3-9,13-14,17-19H2,1-2H3/q+1. The van der Waals surface area contributed by atoms with Crippen LogP contribution in [0.3, 0.4) is 0 Å². The van der Waals surface area contributed by atoms with E-state index < -0.39 is 0 Å². The molecule has 1 aromatic rings. The molecule has 0 saturated heterocycles. The Bertz CT molecular complexity index is 361. The van der Waals surface area contributed by atoms with E-state index in [1.165, 1.54) is 69.9 Å². The highest BCUT2D eigenvalue weighted by molar-refractivity contribution is 6.08. The van der Waals surface area contributed by atoms with Gasteiger partial charge in [-0.1, -0.05) is 81.3 Å². The van der Waals surface area contributed by atoms with Gasteiger partial charge in [-0.3, -0.25) is 0 Å². The van der Waals surface area contributed by atoms with E-state index in [2.05, 4.69) is 54.7 Å². The fourth-order valence-electron chi connectivity index (χ4n) is 3.06. The molecule has 0 aromatic heterocycles. The van der Waals surface area contributed by atoms with Crippen molar-refractivity contribution in [3.8, 4) is 0 Å². The summed E-state index contributed by atoms with van der Waals surface area (Å²) >= 11 is 0. The van der Waals surface area contributed by atoms with Gasteiger partial charge < -0.3 is 4.48 Å². The van der Waals surface area contributed by atoms with Crippen LogP contribution in [0.15, 0.2) is 30.3 Å². The predicted molar refractivity (Wildman–Crippen MR) is 99.2 cm³/mol. The first kappa shape index (κ1) is 19.4. The molecule has 22 heavy (non-hydrogen) atoms. The number of rotatable bonds is 13. The van der Waals surface area contributed by atoms with Crippen molar-refractivity contribution in [3.05, 3.63) is 35.9 Å². The Balaban J connectivity index is 1.99. The molecule has 0 amide bonds. The van der Waals surface area contributed by atoms with Crippen LogP contribution < -0.4 is 0 Å². The molecular weight excluding hydrogens is 282 g/mol. The Morgan fingerprint density at radius 1 is 0.727 bits per heavy atom. The Morgan fingerprint density at radius 3 is 1.77 bits per heavy atom. The zero-order valence-corrected chi connectivity index (χ0v) is 15.8. The van der Waals surface area contributed by atoms with Gasteiger partial charge in [0.1, 0.15) is 6.54 Å². The zero-order valence-electron chi connectivity index (χ0n) is 14.8. The quantitative estimate of drug-likeness (QED) is 0.261. The van der Waals surface area contributed by atoms with E-state index in [1.807, 2.05) is 0 Å². The Labute approximate surface area is 142 Å². The van der Waals surface area contributed by atoms with Gasteiger partial charge in [0.2, 0.25) is 0 Å².